The van der Waals surface area contributed by atoms with Crippen LogP contribution in [0.2, 0.25) is 0 Å². The average Bonchev–Trinajstić information content (AvgIpc) is 3.38. The van der Waals surface area contributed by atoms with Crippen LogP contribution in [-0.4, -0.2) is 30.6 Å². The van der Waals surface area contributed by atoms with Gasteiger partial charge in [0, 0.05) is 38.6 Å². The average molecular weight is 554 g/mol. The molecular weight excluding hydrogens is 498 g/mol. The lowest BCUT2D eigenvalue weighted by Gasteiger charge is -2.58. The van der Waals surface area contributed by atoms with Gasteiger partial charge in [-0.25, -0.2) is 0 Å². The molecule has 224 valence electrons. The third-order valence-electron chi connectivity index (χ3n) is 12.1. The van der Waals surface area contributed by atoms with Crippen molar-refractivity contribution in [2.24, 2.45) is 46.3 Å². The van der Waals surface area contributed by atoms with Gasteiger partial charge in [-0.1, -0.05) is 46.3 Å². The molecule has 3 fully saturated rings. The molecule has 1 amide bonds. The highest BCUT2D eigenvalue weighted by Crippen LogP contribution is 2.69. The SMILES string of the molecule is CC(=O)NC[C@@H](C)CCC1=C(C)[C@H]2[C@H](C[C@H]3[C@@H]4CC=C5C[C@@H](OC(=O)CCC(C)C)CC[C@]5(C)[C@H]4CC[C@@]32C)O1. The number of amides is 1. The molecule has 0 aromatic heterocycles. The Bertz CT molecular complexity index is 1040. The van der Waals surface area contributed by atoms with E-state index in [2.05, 4.69) is 52.9 Å². The van der Waals surface area contributed by atoms with Crippen LogP contribution in [0.4, 0.5) is 0 Å². The minimum absolute atomic E-state index is 0.00695. The second kappa shape index (κ2) is 11.5. The van der Waals surface area contributed by atoms with E-state index in [4.69, 9.17) is 9.47 Å². The molecule has 0 aromatic carbocycles. The van der Waals surface area contributed by atoms with Crippen molar-refractivity contribution in [3.8, 4) is 0 Å². The topological polar surface area (TPSA) is 64.6 Å². The summed E-state index contributed by atoms with van der Waals surface area (Å²) in [5.41, 5.74) is 3.67. The molecule has 1 N–H and O–H groups in total. The molecule has 1 heterocycles. The molecule has 0 spiro atoms. The van der Waals surface area contributed by atoms with Crippen LogP contribution in [0.5, 0.6) is 0 Å². The normalized spacial score (nSPS) is 39.0. The van der Waals surface area contributed by atoms with Gasteiger partial charge in [0.25, 0.3) is 0 Å². The Morgan fingerprint density at radius 3 is 2.62 bits per heavy atom. The quantitative estimate of drug-likeness (QED) is 0.234. The van der Waals surface area contributed by atoms with Gasteiger partial charge in [-0.15, -0.1) is 0 Å². The van der Waals surface area contributed by atoms with Gasteiger partial charge in [0.1, 0.15) is 12.2 Å². The zero-order chi connectivity index (χ0) is 28.8. The maximum atomic E-state index is 12.4. The van der Waals surface area contributed by atoms with Crippen molar-refractivity contribution in [1.29, 1.82) is 0 Å². The molecule has 5 nitrogen and oxygen atoms in total. The van der Waals surface area contributed by atoms with Crippen molar-refractivity contribution in [2.75, 3.05) is 6.54 Å². The van der Waals surface area contributed by atoms with Gasteiger partial charge in [0.15, 0.2) is 0 Å². The number of ether oxygens (including phenoxy) is 2. The highest BCUT2D eigenvalue weighted by molar-refractivity contribution is 5.72. The Kier molecular flexibility index (Phi) is 8.52. The molecule has 0 radical (unpaired) electrons. The Hall–Kier alpha value is -1.78. The molecule has 4 aliphatic carbocycles. The van der Waals surface area contributed by atoms with Crippen LogP contribution in [0.15, 0.2) is 23.0 Å². The Morgan fingerprint density at radius 1 is 1.12 bits per heavy atom. The number of rotatable bonds is 9. The van der Waals surface area contributed by atoms with Gasteiger partial charge in [-0.3, -0.25) is 9.59 Å². The van der Waals surface area contributed by atoms with E-state index in [1.54, 1.807) is 12.5 Å². The van der Waals surface area contributed by atoms with Crippen LogP contribution >= 0.6 is 0 Å². The summed E-state index contributed by atoms with van der Waals surface area (Å²) in [6, 6.07) is 0. The van der Waals surface area contributed by atoms with E-state index >= 15 is 0 Å². The second-order valence-electron chi connectivity index (χ2n) is 15.1. The van der Waals surface area contributed by atoms with Gasteiger partial charge in [0.2, 0.25) is 5.91 Å². The monoisotopic (exact) mass is 553 g/mol. The fraction of sp³-hybridized carbons (Fsp3) is 0.829. The highest BCUT2D eigenvalue weighted by atomic mass is 16.5. The van der Waals surface area contributed by atoms with Gasteiger partial charge in [0.05, 0.1) is 5.76 Å². The first kappa shape index (κ1) is 29.7. The summed E-state index contributed by atoms with van der Waals surface area (Å²) in [7, 11) is 0. The first-order valence-corrected chi connectivity index (χ1v) is 16.4. The van der Waals surface area contributed by atoms with Crippen molar-refractivity contribution in [3.05, 3.63) is 23.0 Å². The number of hydrogen-bond acceptors (Lipinski definition) is 4. The molecule has 9 atom stereocenters. The maximum absolute atomic E-state index is 12.4. The van der Waals surface area contributed by atoms with Crippen molar-refractivity contribution in [2.45, 2.75) is 131 Å². The number of allylic oxidation sites excluding steroid dienone is 2. The lowest BCUT2D eigenvalue weighted by molar-refractivity contribution is -0.151. The number of carbonyl (C=O) groups is 2. The summed E-state index contributed by atoms with van der Waals surface area (Å²) >= 11 is 0. The fourth-order valence-electron chi connectivity index (χ4n) is 9.76. The van der Waals surface area contributed by atoms with Gasteiger partial charge >= 0.3 is 5.97 Å². The highest BCUT2D eigenvalue weighted by Gasteiger charge is 2.63. The minimum atomic E-state index is -0.00695. The van der Waals surface area contributed by atoms with Crippen LogP contribution in [-0.2, 0) is 19.1 Å². The third kappa shape index (κ3) is 5.52. The lowest BCUT2D eigenvalue weighted by Crippen LogP contribution is -2.50. The molecule has 5 heteroatoms. The minimum Gasteiger partial charge on any atom is -0.494 e. The predicted octanol–water partition coefficient (Wildman–Crippen LogP) is 7.75. The number of fused-ring (bicyclic) bond motifs is 7. The molecule has 0 aromatic rings. The van der Waals surface area contributed by atoms with E-state index in [0.29, 0.717) is 35.7 Å². The zero-order valence-corrected chi connectivity index (χ0v) is 26.3. The van der Waals surface area contributed by atoms with Crippen molar-refractivity contribution >= 4 is 11.9 Å². The zero-order valence-electron chi connectivity index (χ0n) is 26.3. The second-order valence-corrected chi connectivity index (χ2v) is 15.1. The smallest absolute Gasteiger partial charge is 0.306 e. The number of hydrogen-bond donors (Lipinski definition) is 1. The van der Waals surface area contributed by atoms with Gasteiger partial charge in [-0.2, -0.15) is 0 Å². The van der Waals surface area contributed by atoms with Crippen LogP contribution in [0.3, 0.4) is 0 Å². The van der Waals surface area contributed by atoms with Gasteiger partial charge < -0.3 is 14.8 Å². The van der Waals surface area contributed by atoms with E-state index in [1.165, 1.54) is 37.0 Å². The maximum Gasteiger partial charge on any atom is 0.306 e. The Balaban J connectivity index is 1.23. The molecule has 5 aliphatic rings. The van der Waals surface area contributed by atoms with Crippen molar-refractivity contribution in [1.82, 2.24) is 5.32 Å². The summed E-state index contributed by atoms with van der Waals surface area (Å²) in [4.78, 5) is 23.7. The largest absolute Gasteiger partial charge is 0.494 e. The van der Waals surface area contributed by atoms with E-state index in [0.717, 1.165) is 62.8 Å². The Morgan fingerprint density at radius 2 is 1.90 bits per heavy atom. The molecule has 0 saturated heterocycles. The van der Waals surface area contributed by atoms with E-state index in [1.807, 2.05) is 0 Å². The molecule has 0 bridgehead atoms. The number of nitrogens with one attached hydrogen (secondary N) is 1. The molecule has 5 rings (SSSR count). The van der Waals surface area contributed by atoms with Gasteiger partial charge in [-0.05, 0) is 104 Å². The summed E-state index contributed by atoms with van der Waals surface area (Å²) < 4.78 is 12.7. The van der Waals surface area contributed by atoms with E-state index in [9.17, 15) is 9.59 Å². The first-order valence-electron chi connectivity index (χ1n) is 16.4. The van der Waals surface area contributed by atoms with Crippen LogP contribution in [0, 0.1) is 46.3 Å². The first-order chi connectivity index (χ1) is 18.9. The predicted molar refractivity (Wildman–Crippen MR) is 159 cm³/mol. The summed E-state index contributed by atoms with van der Waals surface area (Å²) in [6.45, 7) is 16.3. The van der Waals surface area contributed by atoms with Crippen LogP contribution in [0.25, 0.3) is 0 Å². The molecule has 40 heavy (non-hydrogen) atoms. The molecule has 1 aliphatic heterocycles. The van der Waals surface area contributed by atoms with Crippen LogP contribution in [0.1, 0.15) is 119 Å². The van der Waals surface area contributed by atoms with E-state index in [-0.39, 0.29) is 23.4 Å². The van der Waals surface area contributed by atoms with Crippen molar-refractivity contribution < 1.29 is 19.1 Å². The summed E-state index contributed by atoms with van der Waals surface area (Å²) in [6.07, 6.45) is 14.5. The lowest BCUT2D eigenvalue weighted by atomic mass is 9.47. The Labute approximate surface area is 243 Å². The molecular formula is C35H55NO4. The molecule has 0 unspecified atom stereocenters. The van der Waals surface area contributed by atoms with Crippen molar-refractivity contribution in [3.63, 3.8) is 0 Å². The number of carbonyl (C=O) groups excluding carboxylic acids is 2. The number of esters is 1. The standard InChI is InChI=1S/C35H55NO4/c1-21(2)8-13-32(38)39-26-14-16-34(6)25(18-26)10-11-27-28(34)15-17-35(7)29(27)19-31-33(35)23(4)30(40-31)12-9-22(3)20-36-24(5)37/h10,21-22,26-29,31,33H,8-9,11-20H2,1-7H3,(H,36,37)/t22-,26-,27+,28-,29-,31-,33-,34-,35-/m0/s1. The molecule has 3 saturated carbocycles. The van der Waals surface area contributed by atoms with E-state index < -0.39 is 0 Å². The summed E-state index contributed by atoms with van der Waals surface area (Å²) in [5.74, 6) is 5.02. The third-order valence-corrected chi connectivity index (χ3v) is 12.1. The fourth-order valence-corrected chi connectivity index (χ4v) is 9.76. The van der Waals surface area contributed by atoms with Crippen LogP contribution < -0.4 is 5.32 Å². The summed E-state index contributed by atoms with van der Waals surface area (Å²) in [5, 5.41) is 2.96.